The molecule has 25 heavy (non-hydrogen) atoms. The Bertz CT molecular complexity index is 911. The minimum atomic E-state index is 0.0322. The number of nitrogens with one attached hydrogen (secondary N) is 1. The smallest absolute Gasteiger partial charge is 0.175 e. The zero-order valence-corrected chi connectivity index (χ0v) is 16.2. The molecule has 128 valence electrons. The number of benzene rings is 2. The van der Waals surface area contributed by atoms with Crippen LogP contribution in [0.25, 0.3) is 10.8 Å². The number of anilines is 2. The Hall–Kier alpha value is -2.20. The number of alkyl halides is 1. The van der Waals surface area contributed by atoms with Gasteiger partial charge in [-0.1, -0.05) is 73.1 Å². The molecular weight excluding hydrogens is 376 g/mol. The molecule has 1 heterocycles. The summed E-state index contributed by atoms with van der Waals surface area (Å²) in [6, 6.07) is 16.2. The maximum Gasteiger partial charge on any atom is 0.175 e. The Morgan fingerprint density at radius 3 is 2.28 bits per heavy atom. The van der Waals surface area contributed by atoms with Crippen LogP contribution in [-0.2, 0) is 5.41 Å². The lowest BCUT2D eigenvalue weighted by atomic mass is 9.87. The van der Waals surface area contributed by atoms with E-state index in [2.05, 4.69) is 71.3 Å². The van der Waals surface area contributed by atoms with Gasteiger partial charge in [-0.05, 0) is 28.5 Å². The van der Waals surface area contributed by atoms with Crippen LogP contribution in [0.2, 0.25) is 0 Å². The van der Waals surface area contributed by atoms with E-state index < -0.39 is 0 Å². The Kier molecular flexibility index (Phi) is 4.91. The molecule has 0 atom stereocenters. The standard InChI is InChI=1S/C21H21BrN2O/c1-21(2,3)14-8-10-15(11-9-14)24-20-17-7-5-4-6-16(17)18(13-23-20)19(25)12-22/h4-11,13H,12H2,1-3H3,(H,23,24). The predicted octanol–water partition coefficient (Wildman–Crippen LogP) is 5.85. The molecule has 0 fully saturated rings. The van der Waals surface area contributed by atoms with E-state index in [4.69, 9.17) is 0 Å². The van der Waals surface area contributed by atoms with Crippen molar-refractivity contribution >= 4 is 44.0 Å². The Labute approximate surface area is 156 Å². The topological polar surface area (TPSA) is 42.0 Å². The molecule has 0 amide bonds. The van der Waals surface area contributed by atoms with Crippen LogP contribution < -0.4 is 5.32 Å². The van der Waals surface area contributed by atoms with Crippen LogP contribution in [0.15, 0.2) is 54.7 Å². The van der Waals surface area contributed by atoms with Crippen LogP contribution in [-0.4, -0.2) is 16.1 Å². The highest BCUT2D eigenvalue weighted by Crippen LogP contribution is 2.29. The minimum absolute atomic E-state index is 0.0322. The van der Waals surface area contributed by atoms with Crippen molar-refractivity contribution in [1.29, 1.82) is 0 Å². The molecule has 0 radical (unpaired) electrons. The Balaban J connectivity index is 1.98. The van der Waals surface area contributed by atoms with Gasteiger partial charge in [0.2, 0.25) is 0 Å². The summed E-state index contributed by atoms with van der Waals surface area (Å²) in [4.78, 5) is 16.6. The van der Waals surface area contributed by atoms with Gasteiger partial charge in [-0.15, -0.1) is 0 Å². The van der Waals surface area contributed by atoms with Crippen molar-refractivity contribution in [2.45, 2.75) is 26.2 Å². The van der Waals surface area contributed by atoms with Crippen LogP contribution in [0, 0.1) is 0 Å². The molecule has 0 unspecified atom stereocenters. The molecule has 3 nitrogen and oxygen atoms in total. The Morgan fingerprint density at radius 1 is 1.04 bits per heavy atom. The number of hydrogen-bond donors (Lipinski definition) is 1. The maximum absolute atomic E-state index is 12.1. The van der Waals surface area contributed by atoms with E-state index in [1.54, 1.807) is 6.20 Å². The molecule has 2 aromatic carbocycles. The predicted molar refractivity (Wildman–Crippen MR) is 108 cm³/mol. The molecule has 3 aromatic rings. The van der Waals surface area contributed by atoms with Crippen molar-refractivity contribution in [3.63, 3.8) is 0 Å². The molecule has 3 rings (SSSR count). The second-order valence-electron chi connectivity index (χ2n) is 7.08. The molecule has 0 aliphatic heterocycles. The molecule has 0 aliphatic rings. The first-order valence-electron chi connectivity index (χ1n) is 8.24. The third kappa shape index (κ3) is 3.74. The largest absolute Gasteiger partial charge is 0.340 e. The lowest BCUT2D eigenvalue weighted by Crippen LogP contribution is -2.10. The summed E-state index contributed by atoms with van der Waals surface area (Å²) in [5, 5.41) is 5.52. The first-order valence-corrected chi connectivity index (χ1v) is 9.37. The normalized spacial score (nSPS) is 11.5. The summed E-state index contributed by atoms with van der Waals surface area (Å²) in [6.45, 7) is 6.60. The lowest BCUT2D eigenvalue weighted by molar-refractivity contribution is 0.102. The summed E-state index contributed by atoms with van der Waals surface area (Å²) >= 11 is 3.24. The first kappa shape index (κ1) is 17.6. The van der Waals surface area contributed by atoms with Gasteiger partial charge in [0.15, 0.2) is 5.78 Å². The number of ketones is 1. The highest BCUT2D eigenvalue weighted by molar-refractivity contribution is 9.09. The summed E-state index contributed by atoms with van der Waals surface area (Å²) in [7, 11) is 0. The number of hydrogen-bond acceptors (Lipinski definition) is 3. The number of carbonyl (C=O) groups is 1. The van der Waals surface area contributed by atoms with Gasteiger partial charge in [0.05, 0.1) is 5.33 Å². The van der Waals surface area contributed by atoms with Crippen LogP contribution in [0.5, 0.6) is 0 Å². The number of fused-ring (bicyclic) bond motifs is 1. The third-order valence-electron chi connectivity index (χ3n) is 4.23. The average molecular weight is 397 g/mol. The van der Waals surface area contributed by atoms with Crippen LogP contribution in [0.1, 0.15) is 36.7 Å². The number of pyridine rings is 1. The van der Waals surface area contributed by atoms with Gasteiger partial charge in [-0.25, -0.2) is 4.98 Å². The molecule has 0 spiro atoms. The summed E-state index contributed by atoms with van der Waals surface area (Å²) < 4.78 is 0. The fraction of sp³-hybridized carbons (Fsp3) is 0.238. The van der Waals surface area contributed by atoms with Crippen molar-refractivity contribution in [3.05, 3.63) is 65.9 Å². The van der Waals surface area contributed by atoms with Crippen LogP contribution in [0.3, 0.4) is 0 Å². The van der Waals surface area contributed by atoms with E-state index in [0.29, 0.717) is 10.9 Å². The second kappa shape index (κ2) is 6.96. The molecule has 4 heteroatoms. The zero-order valence-electron chi connectivity index (χ0n) is 14.6. The van der Waals surface area contributed by atoms with Crippen LogP contribution >= 0.6 is 15.9 Å². The van der Waals surface area contributed by atoms with Gasteiger partial charge < -0.3 is 5.32 Å². The molecule has 0 bridgehead atoms. The van der Waals surface area contributed by atoms with E-state index in [-0.39, 0.29) is 11.2 Å². The average Bonchev–Trinajstić information content (AvgIpc) is 2.61. The Morgan fingerprint density at radius 2 is 1.68 bits per heavy atom. The molecule has 1 aromatic heterocycles. The molecular formula is C21H21BrN2O. The lowest BCUT2D eigenvalue weighted by Gasteiger charge is -2.19. The maximum atomic E-state index is 12.1. The molecule has 0 saturated heterocycles. The van der Waals surface area contributed by atoms with E-state index in [1.807, 2.05) is 24.3 Å². The van der Waals surface area contributed by atoms with E-state index >= 15 is 0 Å². The summed E-state index contributed by atoms with van der Waals surface area (Å²) in [5.74, 6) is 0.787. The van der Waals surface area contributed by atoms with Crippen molar-refractivity contribution in [2.75, 3.05) is 10.6 Å². The first-order chi connectivity index (χ1) is 11.9. The van der Waals surface area contributed by atoms with Gasteiger partial charge in [0.1, 0.15) is 5.82 Å². The molecule has 1 N–H and O–H groups in total. The number of nitrogens with zero attached hydrogens (tertiary/aromatic N) is 1. The van der Waals surface area contributed by atoms with Crippen molar-refractivity contribution < 1.29 is 4.79 Å². The number of rotatable bonds is 4. The van der Waals surface area contributed by atoms with E-state index in [0.717, 1.165) is 22.3 Å². The fourth-order valence-electron chi connectivity index (χ4n) is 2.78. The van der Waals surface area contributed by atoms with E-state index in [1.165, 1.54) is 5.56 Å². The van der Waals surface area contributed by atoms with Gasteiger partial charge in [-0.3, -0.25) is 4.79 Å². The number of halogens is 1. The summed E-state index contributed by atoms with van der Waals surface area (Å²) in [5.41, 5.74) is 3.03. The van der Waals surface area contributed by atoms with Gasteiger partial charge in [0, 0.05) is 22.8 Å². The van der Waals surface area contributed by atoms with Crippen LogP contribution in [0.4, 0.5) is 11.5 Å². The van der Waals surface area contributed by atoms with Gasteiger partial charge in [0.25, 0.3) is 0 Å². The van der Waals surface area contributed by atoms with Crippen molar-refractivity contribution in [1.82, 2.24) is 4.98 Å². The number of carbonyl (C=O) groups excluding carboxylic acids is 1. The quantitative estimate of drug-likeness (QED) is 0.443. The second-order valence-corrected chi connectivity index (χ2v) is 7.64. The van der Waals surface area contributed by atoms with Crippen molar-refractivity contribution in [3.8, 4) is 0 Å². The zero-order chi connectivity index (χ0) is 18.0. The monoisotopic (exact) mass is 396 g/mol. The van der Waals surface area contributed by atoms with Gasteiger partial charge in [-0.2, -0.15) is 0 Å². The number of aromatic nitrogens is 1. The number of Topliss-reactive ketones (excluding diaryl/α,β-unsaturated/α-hetero) is 1. The van der Waals surface area contributed by atoms with E-state index in [9.17, 15) is 4.79 Å². The molecule has 0 aliphatic carbocycles. The highest BCUT2D eigenvalue weighted by atomic mass is 79.9. The highest BCUT2D eigenvalue weighted by Gasteiger charge is 2.14. The SMILES string of the molecule is CC(C)(C)c1ccc(Nc2ncc(C(=O)CBr)c3ccccc23)cc1. The minimum Gasteiger partial charge on any atom is -0.340 e. The third-order valence-corrected chi connectivity index (χ3v) is 4.74. The fourth-order valence-corrected chi connectivity index (χ4v) is 3.08. The van der Waals surface area contributed by atoms with Crippen molar-refractivity contribution in [2.24, 2.45) is 0 Å². The summed E-state index contributed by atoms with van der Waals surface area (Å²) in [6.07, 6.45) is 1.65. The molecule has 0 saturated carbocycles. The van der Waals surface area contributed by atoms with Gasteiger partial charge >= 0.3 is 0 Å².